The summed E-state index contributed by atoms with van der Waals surface area (Å²) < 4.78 is 15.7. The molecule has 0 aliphatic carbocycles. The maximum Gasteiger partial charge on any atom is 3.00 e. The molecule has 10 rings (SSSR count). The van der Waals surface area contributed by atoms with E-state index in [1.807, 2.05) is 54.6 Å². The van der Waals surface area contributed by atoms with E-state index in [1.54, 1.807) is 0 Å². The minimum Gasteiger partial charge on any atom is -0.315 e. The minimum atomic E-state index is -3.42. The largest absolute Gasteiger partial charge is 3.00 e. The third-order valence-electron chi connectivity index (χ3n) is 8.51. The second kappa shape index (κ2) is 9.51. The van der Waals surface area contributed by atoms with Gasteiger partial charge in [0.1, 0.15) is 7.14 Å². The number of benzene rings is 3. The van der Waals surface area contributed by atoms with Gasteiger partial charge in [0.25, 0.3) is 0 Å². The van der Waals surface area contributed by atoms with Crippen LogP contribution in [-0.4, -0.2) is 15.0 Å². The molecular formula is C36H21IrN3OP. The molecule has 200 valence electrons. The van der Waals surface area contributed by atoms with Gasteiger partial charge in [0, 0.05) is 17.8 Å². The van der Waals surface area contributed by atoms with Gasteiger partial charge in [-0.05, 0) is 36.4 Å². The van der Waals surface area contributed by atoms with Crippen molar-refractivity contribution in [2.24, 2.45) is 0 Å². The molecule has 0 spiro atoms. The van der Waals surface area contributed by atoms with Crippen molar-refractivity contribution in [2.45, 2.75) is 17.8 Å². The normalized spacial score (nSPS) is 22.0. The zero-order valence-corrected chi connectivity index (χ0v) is 25.4. The molecule has 0 atom stereocenters. The van der Waals surface area contributed by atoms with Gasteiger partial charge in [0.2, 0.25) is 0 Å². The van der Waals surface area contributed by atoms with Crippen LogP contribution in [0.5, 0.6) is 0 Å². The van der Waals surface area contributed by atoms with Crippen molar-refractivity contribution < 1.29 is 24.7 Å². The van der Waals surface area contributed by atoms with Crippen molar-refractivity contribution in [1.29, 1.82) is 0 Å². The van der Waals surface area contributed by atoms with Crippen LogP contribution in [0.3, 0.4) is 0 Å². The molecule has 0 amide bonds. The topological polar surface area (TPSA) is 55.7 Å². The summed E-state index contributed by atoms with van der Waals surface area (Å²) in [5.74, 6) is -0.878. The number of aromatic nitrogens is 3. The van der Waals surface area contributed by atoms with Crippen LogP contribution in [0.15, 0.2) is 109 Å². The zero-order valence-electron chi connectivity index (χ0n) is 22.2. The summed E-state index contributed by atoms with van der Waals surface area (Å²) in [5, 5.41) is 1.91. The fraction of sp³-hybridized carbons (Fsp3) is 0.0833. The molecule has 0 saturated carbocycles. The molecule has 0 saturated heterocycles. The number of rotatable bonds is 0. The summed E-state index contributed by atoms with van der Waals surface area (Å²) in [5.41, 5.74) is 7.85. The molecule has 0 fully saturated rings. The molecule has 0 N–H and O–H groups in total. The van der Waals surface area contributed by atoms with E-state index in [2.05, 4.69) is 72.8 Å². The van der Waals surface area contributed by atoms with Gasteiger partial charge in [-0.1, -0.05) is 34.1 Å². The summed E-state index contributed by atoms with van der Waals surface area (Å²) in [4.78, 5) is 15.9. The first-order valence-corrected chi connectivity index (χ1v) is 15.5. The first-order valence-electron chi connectivity index (χ1n) is 13.8. The zero-order chi connectivity index (χ0) is 27.1. The van der Waals surface area contributed by atoms with E-state index in [0.717, 1.165) is 50.9 Å². The van der Waals surface area contributed by atoms with Crippen LogP contribution in [0.1, 0.15) is 68.6 Å². The van der Waals surface area contributed by atoms with Crippen molar-refractivity contribution in [2.75, 3.05) is 0 Å². The van der Waals surface area contributed by atoms with E-state index < -0.39 is 7.14 Å². The van der Waals surface area contributed by atoms with E-state index in [4.69, 9.17) is 15.0 Å². The van der Waals surface area contributed by atoms with E-state index in [0.29, 0.717) is 15.9 Å². The summed E-state index contributed by atoms with van der Waals surface area (Å²) in [6, 6.07) is 47.2. The van der Waals surface area contributed by atoms with E-state index in [1.165, 1.54) is 0 Å². The SMILES string of the molecule is O=P12c3[c-]c(ccc3)C3c4cccc(n4)C(c4[c-]c1ccc4)c1cccc(n1)C(c1[c-]c2ccc1)c1cccc3n1.[Ir+3]. The summed E-state index contributed by atoms with van der Waals surface area (Å²) in [6.45, 7) is 0. The van der Waals surface area contributed by atoms with Crippen molar-refractivity contribution in [1.82, 2.24) is 15.0 Å². The Morgan fingerprint density at radius 1 is 0.429 bits per heavy atom. The Morgan fingerprint density at radius 2 is 0.690 bits per heavy atom. The minimum absolute atomic E-state index is 0. The van der Waals surface area contributed by atoms with Crippen molar-refractivity contribution >= 4 is 23.1 Å². The Balaban J connectivity index is 0.00000267. The van der Waals surface area contributed by atoms with Crippen molar-refractivity contribution in [3.05, 3.63) is 178 Å². The molecule has 7 heterocycles. The van der Waals surface area contributed by atoms with Gasteiger partial charge < -0.3 is 4.57 Å². The summed E-state index contributed by atoms with van der Waals surface area (Å²) in [6.07, 6.45) is 0. The van der Waals surface area contributed by atoms with Crippen molar-refractivity contribution in [3.63, 3.8) is 0 Å². The Morgan fingerprint density at radius 3 is 0.976 bits per heavy atom. The van der Waals surface area contributed by atoms with Crippen LogP contribution in [0, 0.1) is 18.2 Å². The summed E-state index contributed by atoms with van der Waals surface area (Å²) >= 11 is 0. The Bertz CT molecular complexity index is 1800. The van der Waals surface area contributed by atoms with Gasteiger partial charge >= 0.3 is 20.1 Å². The number of hydrogen-bond donors (Lipinski definition) is 0. The molecule has 42 heavy (non-hydrogen) atoms. The van der Waals surface area contributed by atoms with Crippen LogP contribution < -0.4 is 15.9 Å². The van der Waals surface area contributed by atoms with Crippen LogP contribution in [0.2, 0.25) is 0 Å². The average molecular weight is 735 g/mol. The molecule has 6 aromatic rings. The Kier molecular flexibility index (Phi) is 5.81. The molecule has 6 heteroatoms. The molecule has 0 radical (unpaired) electrons. The molecule has 4 nitrogen and oxygen atoms in total. The molecule has 4 aliphatic heterocycles. The van der Waals surface area contributed by atoms with Gasteiger partial charge in [0.05, 0.1) is 34.2 Å². The molecule has 0 unspecified atom stereocenters. The van der Waals surface area contributed by atoms with Gasteiger partial charge in [-0.3, -0.25) is 15.0 Å². The predicted molar refractivity (Wildman–Crippen MR) is 158 cm³/mol. The number of hydrogen-bond acceptors (Lipinski definition) is 4. The first-order chi connectivity index (χ1) is 20.2. The van der Waals surface area contributed by atoms with E-state index in [-0.39, 0.29) is 37.9 Å². The smallest absolute Gasteiger partial charge is 0.315 e. The Labute approximate surface area is 257 Å². The van der Waals surface area contributed by atoms with Crippen LogP contribution >= 0.6 is 7.14 Å². The van der Waals surface area contributed by atoms with Crippen LogP contribution in [-0.2, 0) is 24.7 Å². The molecular weight excluding hydrogens is 714 g/mol. The second-order valence-corrected chi connectivity index (χ2v) is 13.5. The molecule has 4 aliphatic rings. The number of pyridine rings is 3. The van der Waals surface area contributed by atoms with E-state index in [9.17, 15) is 0 Å². The van der Waals surface area contributed by atoms with Gasteiger partial charge in [-0.2, -0.15) is 72.8 Å². The monoisotopic (exact) mass is 735 g/mol. The van der Waals surface area contributed by atoms with Crippen LogP contribution in [0.4, 0.5) is 0 Å². The first kappa shape index (κ1) is 25.7. The molecule has 16 bridgehead atoms. The fourth-order valence-corrected chi connectivity index (χ4v) is 9.18. The molecule has 3 aromatic carbocycles. The third kappa shape index (κ3) is 3.64. The maximum absolute atomic E-state index is 15.7. The number of nitrogens with zero attached hydrogens (tertiary/aromatic N) is 3. The molecule has 3 aromatic heterocycles. The van der Waals surface area contributed by atoms with Gasteiger partial charge in [-0.25, -0.2) is 0 Å². The summed E-state index contributed by atoms with van der Waals surface area (Å²) in [7, 11) is -3.42. The van der Waals surface area contributed by atoms with E-state index >= 15 is 4.57 Å². The van der Waals surface area contributed by atoms with Gasteiger partial charge in [0.15, 0.2) is 0 Å². The van der Waals surface area contributed by atoms with Crippen LogP contribution in [0.25, 0.3) is 0 Å². The third-order valence-corrected chi connectivity index (χ3v) is 11.3. The fourth-order valence-electron chi connectivity index (χ4n) is 6.65. The predicted octanol–water partition coefficient (Wildman–Crippen LogP) is 5.39. The van der Waals surface area contributed by atoms with Gasteiger partial charge in [-0.15, -0.1) is 16.7 Å². The standard InChI is InChI=1S/C36H21N3OP.Ir/c40-41-25-10-1-7-22(19-25)34-28-13-4-15-30(37-28)35(23-8-2-11-26(41)20-23)32-17-6-18-33(39-32)36(24-9-3-12-27(41)21-24)31-16-5-14-29(34)38-31;/h1-18,34-36H;/q-3;+3. The quantitative estimate of drug-likeness (QED) is 0.155. The second-order valence-electron chi connectivity index (χ2n) is 10.8. The maximum atomic E-state index is 15.7. The Hall–Kier alpha value is -4.01. The van der Waals surface area contributed by atoms with Crippen molar-refractivity contribution in [3.8, 4) is 0 Å². The average Bonchev–Trinajstić information content (AvgIpc) is 3.01.